The van der Waals surface area contributed by atoms with Gasteiger partial charge in [-0.05, 0) is 80.8 Å². The molecule has 5 atom stereocenters. The first kappa shape index (κ1) is 18.8. The number of piperidine rings is 1. The molecule has 6 heteroatoms. The Morgan fingerprint density at radius 2 is 2.00 bits per heavy atom. The number of nitrogens with one attached hydrogen (secondary N) is 2. The number of amides is 1. The van der Waals surface area contributed by atoms with Crippen LogP contribution in [-0.2, 0) is 4.79 Å². The van der Waals surface area contributed by atoms with Crippen LogP contribution in [0.2, 0.25) is 0 Å². The summed E-state index contributed by atoms with van der Waals surface area (Å²) in [4.78, 5) is 17.0. The quantitative estimate of drug-likeness (QED) is 0.813. The first-order valence-electron chi connectivity index (χ1n) is 10.8. The van der Waals surface area contributed by atoms with Gasteiger partial charge in [0.1, 0.15) is 11.6 Å². The second-order valence-electron chi connectivity index (χ2n) is 8.91. The Morgan fingerprint density at radius 1 is 1.24 bits per heavy atom. The van der Waals surface area contributed by atoms with Crippen LogP contribution in [0.25, 0.3) is 10.9 Å². The lowest BCUT2D eigenvalue weighted by Gasteiger charge is -2.26. The number of benzene rings is 1. The van der Waals surface area contributed by atoms with Crippen molar-refractivity contribution in [3.8, 4) is 5.75 Å². The summed E-state index contributed by atoms with van der Waals surface area (Å²) in [5.41, 5.74) is 0.744. The summed E-state index contributed by atoms with van der Waals surface area (Å²) in [5.74, 6) is 2.31. The molecule has 1 unspecified atom stereocenters. The van der Waals surface area contributed by atoms with Gasteiger partial charge in [0.05, 0.1) is 11.6 Å². The summed E-state index contributed by atoms with van der Waals surface area (Å²) < 4.78 is 19.9. The Morgan fingerprint density at radius 3 is 2.76 bits per heavy atom. The van der Waals surface area contributed by atoms with Gasteiger partial charge in [0, 0.05) is 23.5 Å². The Hall–Kier alpha value is -2.21. The van der Waals surface area contributed by atoms with Gasteiger partial charge < -0.3 is 15.4 Å². The van der Waals surface area contributed by atoms with E-state index in [0.717, 1.165) is 49.7 Å². The lowest BCUT2D eigenvalue weighted by molar-refractivity contribution is -0.126. The van der Waals surface area contributed by atoms with E-state index >= 15 is 0 Å². The SMILES string of the molecule is CC(C(=O)NC1CCNCC1)[C@H]1[C@@H]2C[C@@H](Oc3ccnc4ccc(F)cc34)C[C@@H]21. The van der Waals surface area contributed by atoms with E-state index in [-0.39, 0.29) is 23.7 Å². The Bertz CT molecular complexity index is 902. The summed E-state index contributed by atoms with van der Waals surface area (Å²) >= 11 is 0. The summed E-state index contributed by atoms with van der Waals surface area (Å²) in [6.45, 7) is 4.05. The minimum absolute atomic E-state index is 0.0664. The molecule has 2 heterocycles. The number of fused-ring (bicyclic) bond motifs is 2. The maximum atomic E-state index is 13.7. The topological polar surface area (TPSA) is 63.2 Å². The number of hydrogen-bond donors (Lipinski definition) is 2. The molecule has 154 valence electrons. The van der Waals surface area contributed by atoms with Crippen LogP contribution in [0.15, 0.2) is 30.5 Å². The Balaban J connectivity index is 1.17. The third-order valence-corrected chi connectivity index (χ3v) is 7.10. The standard InChI is InChI=1S/C23H28FN3O2/c1-13(23(28)27-15-4-7-25-8-5-15)22-17-11-16(12-18(17)22)29-21-6-9-26-20-3-2-14(24)10-19(20)21/h2-3,6,9-10,13,15-18,22,25H,4-5,7-8,11-12H2,1H3,(H,27,28)/t13?,16-,17-,18+,22+. The van der Waals surface area contributed by atoms with Gasteiger partial charge in [-0.15, -0.1) is 0 Å². The van der Waals surface area contributed by atoms with E-state index in [1.165, 1.54) is 12.1 Å². The summed E-state index contributed by atoms with van der Waals surface area (Å²) in [5, 5.41) is 7.31. The highest BCUT2D eigenvalue weighted by atomic mass is 19.1. The van der Waals surface area contributed by atoms with E-state index in [9.17, 15) is 9.18 Å². The van der Waals surface area contributed by atoms with E-state index in [2.05, 4.69) is 22.5 Å². The molecule has 5 nitrogen and oxygen atoms in total. The first-order valence-corrected chi connectivity index (χ1v) is 10.8. The third kappa shape index (κ3) is 3.70. The minimum atomic E-state index is -0.279. The largest absolute Gasteiger partial charge is 0.490 e. The van der Waals surface area contributed by atoms with Crippen LogP contribution in [0.4, 0.5) is 4.39 Å². The predicted octanol–water partition coefficient (Wildman–Crippen LogP) is 3.28. The lowest BCUT2D eigenvalue weighted by Crippen LogP contribution is -2.45. The Kier molecular flexibility index (Phi) is 4.90. The highest BCUT2D eigenvalue weighted by Gasteiger charge is 2.59. The van der Waals surface area contributed by atoms with Gasteiger partial charge in [-0.1, -0.05) is 6.92 Å². The maximum absolute atomic E-state index is 13.7. The van der Waals surface area contributed by atoms with E-state index in [4.69, 9.17) is 4.74 Å². The van der Waals surface area contributed by atoms with Gasteiger partial charge in [0.15, 0.2) is 0 Å². The summed E-state index contributed by atoms with van der Waals surface area (Å²) in [6.07, 6.45) is 5.83. The van der Waals surface area contributed by atoms with Crippen LogP contribution < -0.4 is 15.4 Å². The predicted molar refractivity (Wildman–Crippen MR) is 109 cm³/mol. The zero-order chi connectivity index (χ0) is 20.0. The number of halogens is 1. The van der Waals surface area contributed by atoms with Crippen molar-refractivity contribution in [2.75, 3.05) is 13.1 Å². The third-order valence-electron chi connectivity index (χ3n) is 7.10. The second kappa shape index (κ2) is 7.56. The van der Waals surface area contributed by atoms with Crippen molar-refractivity contribution in [3.63, 3.8) is 0 Å². The maximum Gasteiger partial charge on any atom is 0.223 e. The fourth-order valence-corrected chi connectivity index (χ4v) is 5.53. The zero-order valence-corrected chi connectivity index (χ0v) is 16.7. The van der Waals surface area contributed by atoms with E-state index in [1.807, 2.05) is 6.07 Å². The van der Waals surface area contributed by atoms with Crippen molar-refractivity contribution in [2.24, 2.45) is 23.7 Å². The number of pyridine rings is 1. The monoisotopic (exact) mass is 397 g/mol. The van der Waals surface area contributed by atoms with Crippen LogP contribution in [-0.4, -0.2) is 36.1 Å². The van der Waals surface area contributed by atoms with E-state index in [1.54, 1.807) is 12.3 Å². The van der Waals surface area contributed by atoms with Crippen LogP contribution >= 0.6 is 0 Å². The summed E-state index contributed by atoms with van der Waals surface area (Å²) in [7, 11) is 0. The van der Waals surface area contributed by atoms with E-state index in [0.29, 0.717) is 29.5 Å². The average Bonchev–Trinajstić information content (AvgIpc) is 3.23. The van der Waals surface area contributed by atoms with Crippen LogP contribution in [0.1, 0.15) is 32.6 Å². The molecule has 2 aromatic rings. The van der Waals surface area contributed by atoms with Gasteiger partial charge in [0.25, 0.3) is 0 Å². The van der Waals surface area contributed by atoms with Gasteiger partial charge in [0.2, 0.25) is 5.91 Å². The Labute approximate surface area is 170 Å². The van der Waals surface area contributed by atoms with Crippen LogP contribution in [0.5, 0.6) is 5.75 Å². The normalized spacial score (nSPS) is 30.0. The average molecular weight is 397 g/mol. The smallest absolute Gasteiger partial charge is 0.223 e. The lowest BCUT2D eigenvalue weighted by atomic mass is 9.96. The molecule has 29 heavy (non-hydrogen) atoms. The highest BCUT2D eigenvalue weighted by molar-refractivity contribution is 5.84. The summed E-state index contributed by atoms with van der Waals surface area (Å²) in [6, 6.07) is 6.73. The number of carbonyl (C=O) groups is 1. The highest BCUT2D eigenvalue weighted by Crippen LogP contribution is 2.61. The number of nitrogens with zero attached hydrogens (tertiary/aromatic N) is 1. The molecular weight excluding hydrogens is 369 g/mol. The van der Waals surface area contributed by atoms with Gasteiger partial charge >= 0.3 is 0 Å². The zero-order valence-electron chi connectivity index (χ0n) is 16.7. The molecule has 3 fully saturated rings. The molecule has 1 amide bonds. The molecule has 1 aromatic heterocycles. The fourth-order valence-electron chi connectivity index (χ4n) is 5.53. The molecule has 2 N–H and O–H groups in total. The first-order chi connectivity index (χ1) is 14.1. The molecule has 0 radical (unpaired) electrons. The second-order valence-corrected chi connectivity index (χ2v) is 8.91. The minimum Gasteiger partial charge on any atom is -0.490 e. The van der Waals surface area contributed by atoms with Gasteiger partial charge in [-0.2, -0.15) is 0 Å². The molecule has 5 rings (SSSR count). The molecule has 1 aromatic carbocycles. The fraction of sp³-hybridized carbons (Fsp3) is 0.565. The van der Waals surface area contributed by atoms with Crippen molar-refractivity contribution in [1.29, 1.82) is 0 Å². The number of rotatable bonds is 5. The van der Waals surface area contributed by atoms with Crippen molar-refractivity contribution in [1.82, 2.24) is 15.6 Å². The van der Waals surface area contributed by atoms with E-state index < -0.39 is 0 Å². The van der Waals surface area contributed by atoms with Crippen molar-refractivity contribution >= 4 is 16.8 Å². The number of aromatic nitrogens is 1. The molecule has 2 saturated carbocycles. The molecule has 2 aliphatic carbocycles. The van der Waals surface area contributed by atoms with Crippen molar-refractivity contribution < 1.29 is 13.9 Å². The van der Waals surface area contributed by atoms with Crippen molar-refractivity contribution in [2.45, 2.75) is 44.8 Å². The molecular formula is C23H28FN3O2. The molecule has 1 saturated heterocycles. The number of ether oxygens (including phenoxy) is 1. The van der Waals surface area contributed by atoms with Crippen molar-refractivity contribution in [3.05, 3.63) is 36.3 Å². The van der Waals surface area contributed by atoms with Crippen LogP contribution in [0.3, 0.4) is 0 Å². The van der Waals surface area contributed by atoms with Crippen LogP contribution in [0, 0.1) is 29.5 Å². The molecule has 0 spiro atoms. The number of hydrogen-bond acceptors (Lipinski definition) is 4. The van der Waals surface area contributed by atoms with Gasteiger partial charge in [-0.3, -0.25) is 9.78 Å². The number of carbonyl (C=O) groups excluding carboxylic acids is 1. The molecule has 1 aliphatic heterocycles. The van der Waals surface area contributed by atoms with Gasteiger partial charge in [-0.25, -0.2) is 4.39 Å². The molecule has 0 bridgehead atoms. The molecule has 3 aliphatic rings.